The van der Waals surface area contributed by atoms with Crippen LogP contribution >= 0.6 is 11.6 Å². The molecule has 0 spiro atoms. The zero-order valence-corrected chi connectivity index (χ0v) is 15.1. The molecule has 0 fully saturated rings. The van der Waals surface area contributed by atoms with E-state index in [2.05, 4.69) is 25.7 Å². The van der Waals surface area contributed by atoms with E-state index in [1.165, 1.54) is 0 Å². The predicted molar refractivity (Wildman–Crippen MR) is 98.3 cm³/mol. The lowest BCUT2D eigenvalue weighted by molar-refractivity contribution is 0.0950. The normalized spacial score (nSPS) is 11.0. The number of hydrogen-bond acceptors (Lipinski definition) is 6. The van der Waals surface area contributed by atoms with Gasteiger partial charge in [0.05, 0.1) is 17.1 Å². The molecular weight excluding hydrogens is 368 g/mol. The highest BCUT2D eigenvalue weighted by Gasteiger charge is 2.13. The molecule has 0 radical (unpaired) electrons. The van der Waals surface area contributed by atoms with Crippen LogP contribution in [0.1, 0.15) is 28.9 Å². The largest absolute Gasteiger partial charge is 0.345 e. The third-order valence-electron chi connectivity index (χ3n) is 4.04. The first-order chi connectivity index (χ1) is 13.2. The van der Waals surface area contributed by atoms with Crippen molar-refractivity contribution >= 4 is 23.2 Å². The van der Waals surface area contributed by atoms with Crippen molar-refractivity contribution in [2.45, 2.75) is 19.9 Å². The Balaban J connectivity index is 1.53. The lowest BCUT2D eigenvalue weighted by Crippen LogP contribution is -2.24. The van der Waals surface area contributed by atoms with Crippen LogP contribution in [0.3, 0.4) is 0 Å². The van der Waals surface area contributed by atoms with Gasteiger partial charge in [-0.05, 0) is 24.3 Å². The van der Waals surface area contributed by atoms with Gasteiger partial charge in [0.2, 0.25) is 0 Å². The fourth-order valence-corrected chi connectivity index (χ4v) is 2.83. The fourth-order valence-electron chi connectivity index (χ4n) is 2.61. The molecule has 0 saturated carbocycles. The summed E-state index contributed by atoms with van der Waals surface area (Å²) >= 11 is 6.05. The number of nitrogens with one attached hydrogen (secondary N) is 1. The van der Waals surface area contributed by atoms with Crippen molar-refractivity contribution in [1.82, 2.24) is 30.1 Å². The van der Waals surface area contributed by atoms with Gasteiger partial charge in [-0.25, -0.2) is 0 Å². The Morgan fingerprint density at radius 2 is 2.11 bits per heavy atom. The third-order valence-corrected chi connectivity index (χ3v) is 4.37. The van der Waals surface area contributed by atoms with Crippen molar-refractivity contribution in [2.75, 3.05) is 0 Å². The van der Waals surface area contributed by atoms with Gasteiger partial charge in [-0.1, -0.05) is 35.8 Å². The molecule has 0 saturated heterocycles. The molecule has 4 rings (SSSR count). The summed E-state index contributed by atoms with van der Waals surface area (Å²) in [5.74, 6) is 1.41. The first-order valence-corrected chi connectivity index (χ1v) is 8.73. The molecule has 0 atom stereocenters. The molecule has 9 heteroatoms. The van der Waals surface area contributed by atoms with Crippen LogP contribution in [-0.2, 0) is 13.0 Å². The maximum Gasteiger partial charge on any atom is 0.258 e. The number of benzene rings is 1. The SMILES string of the molecule is CCc1noc(-c2ccn3c(CNC(=O)c4ccccc4Cl)nnc3c2)n1. The summed E-state index contributed by atoms with van der Waals surface area (Å²) in [6.07, 6.45) is 2.50. The first kappa shape index (κ1) is 17.2. The maximum absolute atomic E-state index is 12.3. The molecule has 0 aliphatic heterocycles. The van der Waals surface area contributed by atoms with Crippen LogP contribution in [0.4, 0.5) is 0 Å². The van der Waals surface area contributed by atoms with Gasteiger partial charge in [0.25, 0.3) is 11.8 Å². The van der Waals surface area contributed by atoms with E-state index in [-0.39, 0.29) is 12.5 Å². The Labute approximate surface area is 159 Å². The fraction of sp³-hybridized carbons (Fsp3) is 0.167. The van der Waals surface area contributed by atoms with Crippen LogP contribution in [0, 0.1) is 0 Å². The van der Waals surface area contributed by atoms with Crippen LogP contribution in [0.25, 0.3) is 17.1 Å². The van der Waals surface area contributed by atoms with Crippen LogP contribution in [-0.4, -0.2) is 30.6 Å². The third kappa shape index (κ3) is 3.39. The number of carbonyl (C=O) groups excluding carboxylic acids is 1. The zero-order valence-electron chi connectivity index (χ0n) is 14.4. The highest BCUT2D eigenvalue weighted by molar-refractivity contribution is 6.33. The molecule has 0 aliphatic rings. The van der Waals surface area contributed by atoms with E-state index >= 15 is 0 Å². The Morgan fingerprint density at radius 3 is 2.89 bits per heavy atom. The lowest BCUT2D eigenvalue weighted by atomic mass is 10.2. The van der Waals surface area contributed by atoms with Crippen LogP contribution in [0.5, 0.6) is 0 Å². The lowest BCUT2D eigenvalue weighted by Gasteiger charge is -2.06. The highest BCUT2D eigenvalue weighted by Crippen LogP contribution is 2.19. The van der Waals surface area contributed by atoms with E-state index in [1.807, 2.05) is 13.0 Å². The smallest absolute Gasteiger partial charge is 0.258 e. The number of aromatic nitrogens is 5. The number of amides is 1. The number of hydrogen-bond donors (Lipinski definition) is 1. The van der Waals surface area contributed by atoms with Gasteiger partial charge in [0.15, 0.2) is 17.3 Å². The average Bonchev–Trinajstić information content (AvgIpc) is 3.33. The zero-order chi connectivity index (χ0) is 18.8. The molecule has 4 aromatic rings. The summed E-state index contributed by atoms with van der Waals surface area (Å²) in [4.78, 5) is 16.6. The number of fused-ring (bicyclic) bond motifs is 1. The van der Waals surface area contributed by atoms with Gasteiger partial charge in [-0.15, -0.1) is 10.2 Å². The summed E-state index contributed by atoms with van der Waals surface area (Å²) in [5.41, 5.74) is 1.79. The molecule has 1 amide bonds. The molecule has 0 bridgehead atoms. The van der Waals surface area contributed by atoms with E-state index in [9.17, 15) is 4.79 Å². The van der Waals surface area contributed by atoms with Crippen molar-refractivity contribution in [1.29, 1.82) is 0 Å². The Hall–Kier alpha value is -3.26. The van der Waals surface area contributed by atoms with Gasteiger partial charge in [0, 0.05) is 18.2 Å². The van der Waals surface area contributed by atoms with Crippen LogP contribution in [0.2, 0.25) is 5.02 Å². The second-order valence-corrected chi connectivity index (χ2v) is 6.20. The molecular formula is C18H15ClN6O2. The quantitative estimate of drug-likeness (QED) is 0.569. The van der Waals surface area contributed by atoms with Crippen molar-refractivity contribution in [3.05, 3.63) is 64.8 Å². The summed E-state index contributed by atoms with van der Waals surface area (Å²) in [6, 6.07) is 10.5. The van der Waals surface area contributed by atoms with Crippen molar-refractivity contribution in [3.8, 4) is 11.5 Å². The van der Waals surface area contributed by atoms with E-state index in [1.54, 1.807) is 40.9 Å². The number of rotatable bonds is 5. The highest BCUT2D eigenvalue weighted by atomic mass is 35.5. The molecule has 1 aromatic carbocycles. The van der Waals surface area contributed by atoms with Crippen LogP contribution < -0.4 is 5.32 Å². The molecule has 1 N–H and O–H groups in total. The Morgan fingerprint density at radius 1 is 1.26 bits per heavy atom. The minimum Gasteiger partial charge on any atom is -0.345 e. The second-order valence-electron chi connectivity index (χ2n) is 5.79. The van der Waals surface area contributed by atoms with Gasteiger partial charge in [-0.2, -0.15) is 4.98 Å². The summed E-state index contributed by atoms with van der Waals surface area (Å²) < 4.78 is 7.03. The van der Waals surface area contributed by atoms with Crippen molar-refractivity contribution in [2.24, 2.45) is 0 Å². The van der Waals surface area contributed by atoms with E-state index in [4.69, 9.17) is 16.1 Å². The summed E-state index contributed by atoms with van der Waals surface area (Å²) in [6.45, 7) is 2.17. The molecule has 3 heterocycles. The number of aryl methyl sites for hydroxylation is 1. The molecule has 27 heavy (non-hydrogen) atoms. The first-order valence-electron chi connectivity index (χ1n) is 8.35. The predicted octanol–water partition coefficient (Wildman–Crippen LogP) is 2.93. The van der Waals surface area contributed by atoms with Gasteiger partial charge < -0.3 is 9.84 Å². The monoisotopic (exact) mass is 382 g/mol. The molecule has 0 unspecified atom stereocenters. The molecule has 3 aromatic heterocycles. The Bertz CT molecular complexity index is 1120. The standard InChI is InChI=1S/C18H15ClN6O2/c1-2-14-21-18(27-24-14)11-7-8-25-15(9-11)22-23-16(25)10-20-17(26)12-5-3-4-6-13(12)19/h3-9H,2,10H2,1H3,(H,20,26). The summed E-state index contributed by atoms with van der Waals surface area (Å²) in [5, 5.41) is 15.4. The minimum atomic E-state index is -0.271. The number of pyridine rings is 1. The maximum atomic E-state index is 12.3. The van der Waals surface area contributed by atoms with Gasteiger partial charge >= 0.3 is 0 Å². The van der Waals surface area contributed by atoms with Crippen molar-refractivity contribution < 1.29 is 9.32 Å². The Kier molecular flexibility index (Phi) is 4.55. The number of carbonyl (C=O) groups is 1. The minimum absolute atomic E-state index is 0.213. The molecule has 8 nitrogen and oxygen atoms in total. The summed E-state index contributed by atoms with van der Waals surface area (Å²) in [7, 11) is 0. The topological polar surface area (TPSA) is 98.2 Å². The number of halogens is 1. The molecule has 136 valence electrons. The molecule has 0 aliphatic carbocycles. The van der Waals surface area contributed by atoms with E-state index in [0.29, 0.717) is 40.2 Å². The second kappa shape index (κ2) is 7.16. The number of nitrogens with zero attached hydrogens (tertiary/aromatic N) is 5. The van der Waals surface area contributed by atoms with Gasteiger partial charge in [0.1, 0.15) is 0 Å². The van der Waals surface area contributed by atoms with E-state index in [0.717, 1.165) is 5.56 Å². The average molecular weight is 383 g/mol. The van der Waals surface area contributed by atoms with Crippen LogP contribution in [0.15, 0.2) is 47.1 Å². The van der Waals surface area contributed by atoms with Crippen molar-refractivity contribution in [3.63, 3.8) is 0 Å². The van der Waals surface area contributed by atoms with E-state index < -0.39 is 0 Å². The van der Waals surface area contributed by atoms with Gasteiger partial charge in [-0.3, -0.25) is 9.20 Å².